The van der Waals surface area contributed by atoms with Gasteiger partial charge < -0.3 is 42.6 Å². The number of pyridine rings is 4. The number of hydrogen-bond donors (Lipinski definition) is 6. The molecule has 0 bridgehead atoms. The molecule has 0 atom stereocenters. The highest BCUT2D eigenvalue weighted by Crippen LogP contribution is 2.50. The van der Waals surface area contributed by atoms with Crippen LogP contribution < -0.4 is 22.9 Å². The number of nitriles is 4. The molecule has 0 spiro atoms. The molecule has 32 heteroatoms. The van der Waals surface area contributed by atoms with Gasteiger partial charge in [-0.1, -0.05) is 146 Å². The second-order valence-corrected chi connectivity index (χ2v) is 37.2. The maximum absolute atomic E-state index is 12.5. The highest BCUT2D eigenvalue weighted by atomic mass is 16.5. The number of nitrogens with two attached hydrogens (primary N) is 4. The van der Waals surface area contributed by atoms with Crippen LogP contribution in [0.4, 0.5) is 23.3 Å². The number of rotatable bonds is 18. The molecule has 0 saturated heterocycles. The van der Waals surface area contributed by atoms with Gasteiger partial charge in [0.1, 0.15) is 69.8 Å². The Kier molecular flexibility index (Phi) is 27.2. The molecule has 0 amide bonds. The third kappa shape index (κ3) is 18.7. The van der Waals surface area contributed by atoms with Crippen molar-refractivity contribution in [1.29, 1.82) is 21.0 Å². The van der Waals surface area contributed by atoms with Crippen LogP contribution in [0.1, 0.15) is 213 Å². The van der Waals surface area contributed by atoms with E-state index in [4.69, 9.17) is 52.3 Å². The summed E-state index contributed by atoms with van der Waals surface area (Å²) in [5, 5.41) is 76.2. The Labute approximate surface area is 807 Å². The molecule has 4 saturated carbocycles. The Bertz CT molecular complexity index is 7050. The van der Waals surface area contributed by atoms with Crippen LogP contribution in [0.15, 0.2) is 219 Å². The topological polar surface area (TPSA) is 499 Å². The second-order valence-electron chi connectivity index (χ2n) is 37.2. The summed E-state index contributed by atoms with van der Waals surface area (Å²) >= 11 is 0. The minimum absolute atomic E-state index is 0.0239. The number of carbonyl (C=O) groups excluding carboxylic acids is 2. The lowest BCUT2D eigenvalue weighted by Crippen LogP contribution is -2.34. The van der Waals surface area contributed by atoms with E-state index in [1.807, 2.05) is 198 Å². The van der Waals surface area contributed by atoms with Gasteiger partial charge in [0.2, 0.25) is 0 Å². The Morgan fingerprint density at radius 1 is 0.321 bits per heavy atom. The fraction of sp³-hybridized carbons (Fsp3) is 0.296. The molecule has 140 heavy (non-hydrogen) atoms. The molecule has 10 N–H and O–H groups in total. The molecule has 0 aliphatic heterocycles. The smallest absolute Gasteiger partial charge is 0.311 e. The van der Waals surface area contributed by atoms with Crippen LogP contribution in [0, 0.1) is 67.0 Å². The van der Waals surface area contributed by atoms with Crippen LogP contribution in [0.25, 0.3) is 112 Å². The Morgan fingerprint density at radius 2 is 0.529 bits per heavy atom. The van der Waals surface area contributed by atoms with Crippen molar-refractivity contribution in [2.75, 3.05) is 36.1 Å². The SMILES string of the molecule is CC1(C(=O)O)CCC(c2nc3c(-c4ccc(-c5ccccc5)nc4)cnn3c(N)c2C#N)CC1.CC1(C(=O)O)CCC(c2nc3c(-c4ccc(-c5ccccc5)nc4)cnn3c(N)c2C#N)CC1.CCOC(=O)C1(C)CCC(c2nc3c(-c4ccc(-c5ccccc5)nc4)cnn3c(N)c2C#N)CC1.CCOC(=O)C1(C)CCC(c2nc3c(-c4ccc(-c5ccccc5)nc4)cnn3c(N)c2C#N)CC1. The van der Waals surface area contributed by atoms with Crippen molar-refractivity contribution >= 4 is 69.7 Å². The van der Waals surface area contributed by atoms with E-state index in [9.17, 15) is 50.4 Å². The first-order valence-corrected chi connectivity index (χ1v) is 46.9. The lowest BCUT2D eigenvalue weighted by molar-refractivity contribution is -0.157. The number of esters is 2. The van der Waals surface area contributed by atoms with E-state index in [-0.39, 0.29) is 58.9 Å². The third-order valence-electron chi connectivity index (χ3n) is 28.3. The molecule has 4 aliphatic carbocycles. The molecule has 32 nitrogen and oxygen atoms in total. The quantitative estimate of drug-likeness (QED) is 0.0434. The summed E-state index contributed by atoms with van der Waals surface area (Å²) in [4.78, 5) is 86.3. The van der Waals surface area contributed by atoms with Crippen LogP contribution in [0.3, 0.4) is 0 Å². The highest BCUT2D eigenvalue weighted by molar-refractivity contribution is 5.85. The summed E-state index contributed by atoms with van der Waals surface area (Å²) in [6.45, 7) is 11.9. The first kappa shape index (κ1) is 94.8. The summed E-state index contributed by atoms with van der Waals surface area (Å²) < 4.78 is 16.6. The predicted molar refractivity (Wildman–Crippen MR) is 529 cm³/mol. The van der Waals surface area contributed by atoms with Crippen molar-refractivity contribution in [3.8, 4) is 114 Å². The minimum Gasteiger partial charge on any atom is -0.481 e. The summed E-state index contributed by atoms with van der Waals surface area (Å²) in [6.07, 6.45) is 24.2. The zero-order valence-corrected chi connectivity index (χ0v) is 78.4. The summed E-state index contributed by atoms with van der Waals surface area (Å²) in [7, 11) is 0. The van der Waals surface area contributed by atoms with E-state index in [0.717, 1.165) is 115 Å². The fourth-order valence-electron chi connectivity index (χ4n) is 19.5. The molecule has 12 heterocycles. The van der Waals surface area contributed by atoms with Gasteiger partial charge in [-0.05, 0) is 169 Å². The highest BCUT2D eigenvalue weighted by Gasteiger charge is 2.45. The van der Waals surface area contributed by atoms with Crippen molar-refractivity contribution < 1.29 is 38.9 Å². The van der Waals surface area contributed by atoms with Gasteiger partial charge in [0.05, 0.1) is 105 Å². The maximum atomic E-state index is 12.5. The van der Waals surface area contributed by atoms with Crippen LogP contribution in [-0.4, -0.2) is 126 Å². The van der Waals surface area contributed by atoms with E-state index < -0.39 is 33.6 Å². The number of anilines is 4. The first-order chi connectivity index (χ1) is 67.7. The van der Waals surface area contributed by atoms with Crippen LogP contribution in [0.2, 0.25) is 0 Å². The van der Waals surface area contributed by atoms with Gasteiger partial charge in [0, 0.05) is 115 Å². The lowest BCUT2D eigenvalue weighted by Gasteiger charge is -2.35. The average molecular weight is 1870 g/mol. The first-order valence-electron chi connectivity index (χ1n) is 46.9. The third-order valence-corrected chi connectivity index (χ3v) is 28.3. The molecule has 16 aromatic rings. The van der Waals surface area contributed by atoms with Gasteiger partial charge in [-0.3, -0.25) is 39.1 Å². The number of hydrogen-bond acceptors (Lipinski definition) is 26. The summed E-state index contributed by atoms with van der Waals surface area (Å²) in [5.74, 6) is -0.848. The number of ether oxygens (including phenoxy) is 2. The van der Waals surface area contributed by atoms with Crippen LogP contribution in [0.5, 0.6) is 0 Å². The van der Waals surface area contributed by atoms with Crippen molar-refractivity contribution in [2.24, 2.45) is 21.7 Å². The zero-order valence-electron chi connectivity index (χ0n) is 78.4. The number of aromatic nitrogens is 16. The molecule has 20 rings (SSSR count). The normalized spacial score (nSPS) is 19.9. The van der Waals surface area contributed by atoms with E-state index >= 15 is 0 Å². The fourth-order valence-corrected chi connectivity index (χ4v) is 19.5. The van der Waals surface area contributed by atoms with Gasteiger partial charge in [0.25, 0.3) is 0 Å². The number of fused-ring (bicyclic) bond motifs is 4. The molecule has 4 fully saturated rings. The monoisotopic (exact) mass is 1860 g/mol. The van der Waals surface area contributed by atoms with Gasteiger partial charge >= 0.3 is 23.9 Å². The van der Waals surface area contributed by atoms with Crippen molar-refractivity contribution in [1.82, 2.24) is 78.3 Å². The van der Waals surface area contributed by atoms with E-state index in [2.05, 4.69) is 64.6 Å². The Morgan fingerprint density at radius 3 is 0.707 bits per heavy atom. The predicted octanol–water partition coefficient (Wildman–Crippen LogP) is 19.6. The molecule has 0 unspecified atom stereocenters. The zero-order chi connectivity index (χ0) is 98.3. The Balaban J connectivity index is 0.000000129. The van der Waals surface area contributed by atoms with Crippen LogP contribution in [-0.2, 0) is 28.7 Å². The number of benzene rings is 4. The Hall–Kier alpha value is -17.0. The lowest BCUT2D eigenvalue weighted by atomic mass is 9.70. The van der Waals surface area contributed by atoms with Gasteiger partial charge in [-0.25, -0.2) is 19.9 Å². The van der Waals surface area contributed by atoms with Crippen molar-refractivity contribution in [2.45, 2.75) is 168 Å². The number of carboxylic acids is 2. The number of carboxylic acid groups (broad SMARTS) is 2. The molecule has 12 aromatic heterocycles. The van der Waals surface area contributed by atoms with Crippen molar-refractivity contribution in [3.05, 3.63) is 264 Å². The number of aliphatic carboxylic acids is 2. The average Bonchev–Trinajstić information content (AvgIpc) is 1.63. The van der Waals surface area contributed by atoms with Crippen molar-refractivity contribution in [3.63, 3.8) is 0 Å². The van der Waals surface area contributed by atoms with Gasteiger partial charge in [-0.2, -0.15) is 59.5 Å². The molecular formula is C108H104N24O8. The number of nitrogens with zero attached hydrogens (tertiary/aromatic N) is 20. The number of carbonyl (C=O) groups is 4. The van der Waals surface area contributed by atoms with E-state index in [0.29, 0.717) is 158 Å². The number of nitrogen functional groups attached to an aromatic ring is 4. The van der Waals surface area contributed by atoms with E-state index in [1.165, 1.54) is 18.1 Å². The minimum atomic E-state index is -0.779. The summed E-state index contributed by atoms with van der Waals surface area (Å²) in [6, 6.07) is 64.5. The van der Waals surface area contributed by atoms with Gasteiger partial charge in [-0.15, -0.1) is 0 Å². The largest absolute Gasteiger partial charge is 0.481 e. The molecular weight excluding hydrogens is 1760 g/mol. The standard InChI is InChI=1S/2C28H28N6O2.2C26H24N6O2/c2*1-3-36-27(35)28(2)13-11-19(12-14-28)24-21(15-29)25(30)34-26(33-24)22(17-32-34)20-9-10-23(31-16-20)18-7-5-4-6-8-18;2*1-26(25(33)34)11-9-17(10-12-26)22-19(13-27)23(28)32-24(31-22)20(15-30-32)18-7-8-21(29-14-18)16-5-3-2-4-6-16/h2*4-10,16-17,19H,3,11-14,30H2,1-2H3;2*2-8,14-15,17H,9-12,28H2,1H3,(H,33,34). The molecule has 0 radical (unpaired) electrons. The van der Waals surface area contributed by atoms with E-state index in [1.54, 1.807) is 63.4 Å². The second kappa shape index (κ2) is 40.1. The molecule has 4 aliphatic rings. The molecule has 704 valence electrons. The summed E-state index contributed by atoms with van der Waals surface area (Å²) in [5.41, 5.74) is 43.4. The van der Waals surface area contributed by atoms with Crippen LogP contribution >= 0.6 is 0 Å². The maximum Gasteiger partial charge on any atom is 0.311 e. The molecule has 4 aromatic carbocycles. The van der Waals surface area contributed by atoms with Gasteiger partial charge in [0.15, 0.2) is 22.6 Å².